The van der Waals surface area contributed by atoms with E-state index >= 15 is 0 Å². The molecule has 3 rings (SSSR count). The van der Waals surface area contributed by atoms with E-state index in [-0.39, 0.29) is 12.2 Å². The topological polar surface area (TPSA) is 58.4 Å². The highest BCUT2D eigenvalue weighted by molar-refractivity contribution is 5.93. The number of benzene rings is 2. The average molecular weight is 417 g/mol. The highest BCUT2D eigenvalue weighted by atomic mass is 19.4. The van der Waals surface area contributed by atoms with Crippen LogP contribution < -0.4 is 5.32 Å². The maximum absolute atomic E-state index is 13.0. The predicted octanol–water partition coefficient (Wildman–Crippen LogP) is 4.70. The lowest BCUT2D eigenvalue weighted by atomic mass is 10.0. The van der Waals surface area contributed by atoms with E-state index in [1.54, 1.807) is 25.1 Å². The van der Waals surface area contributed by atoms with Gasteiger partial charge in [0.2, 0.25) is 0 Å². The fraction of sp³-hybridized carbons (Fsp3) is 0.273. The molecule has 158 valence electrons. The van der Waals surface area contributed by atoms with Crippen LogP contribution >= 0.6 is 0 Å². The van der Waals surface area contributed by atoms with E-state index in [0.717, 1.165) is 23.3 Å². The maximum Gasteiger partial charge on any atom is 0.416 e. The van der Waals surface area contributed by atoms with Crippen molar-refractivity contribution in [1.29, 1.82) is 0 Å². The summed E-state index contributed by atoms with van der Waals surface area (Å²) in [6.07, 6.45) is -4.43. The molecule has 0 spiro atoms. The third-order valence-electron chi connectivity index (χ3n) is 4.76. The smallest absolute Gasteiger partial charge is 0.355 e. The monoisotopic (exact) mass is 417 g/mol. The lowest BCUT2D eigenvalue weighted by molar-refractivity contribution is -0.137. The van der Waals surface area contributed by atoms with Crippen molar-refractivity contribution in [3.8, 4) is 11.3 Å². The van der Waals surface area contributed by atoms with Crippen LogP contribution in [0.15, 0.2) is 59.1 Å². The molecule has 1 unspecified atom stereocenters. The molecule has 0 aliphatic rings. The summed E-state index contributed by atoms with van der Waals surface area (Å²) >= 11 is 0. The molecule has 1 aromatic heterocycles. The van der Waals surface area contributed by atoms with Gasteiger partial charge in [0.05, 0.1) is 11.6 Å². The van der Waals surface area contributed by atoms with Crippen molar-refractivity contribution in [2.45, 2.75) is 19.1 Å². The fourth-order valence-corrected chi connectivity index (χ4v) is 3.04. The zero-order chi connectivity index (χ0) is 21.9. The molecule has 30 heavy (non-hydrogen) atoms. The van der Waals surface area contributed by atoms with Gasteiger partial charge in [0.25, 0.3) is 5.91 Å². The number of nitrogens with zero attached hydrogens (tertiary/aromatic N) is 2. The number of aromatic nitrogens is 1. The lowest BCUT2D eigenvalue weighted by Crippen LogP contribution is -2.34. The molecular weight excluding hydrogens is 395 g/mol. The minimum Gasteiger partial charge on any atom is -0.355 e. The minimum absolute atomic E-state index is 0.104. The summed E-state index contributed by atoms with van der Waals surface area (Å²) in [6.45, 7) is 2.08. The molecule has 0 radical (unpaired) electrons. The zero-order valence-corrected chi connectivity index (χ0v) is 16.8. The van der Waals surface area contributed by atoms with Gasteiger partial charge in [-0.3, -0.25) is 4.79 Å². The van der Waals surface area contributed by atoms with Gasteiger partial charge in [0.15, 0.2) is 11.5 Å². The van der Waals surface area contributed by atoms with E-state index < -0.39 is 23.7 Å². The molecule has 0 fully saturated rings. The number of rotatable bonds is 6. The number of amides is 1. The molecule has 2 aromatic carbocycles. The number of carbonyl (C=O) groups is 1. The second-order valence-electron chi connectivity index (χ2n) is 7.26. The highest BCUT2D eigenvalue weighted by Crippen LogP contribution is 2.31. The van der Waals surface area contributed by atoms with Gasteiger partial charge in [-0.05, 0) is 38.7 Å². The Morgan fingerprint density at radius 3 is 2.47 bits per heavy atom. The van der Waals surface area contributed by atoms with Gasteiger partial charge in [-0.15, -0.1) is 0 Å². The quantitative estimate of drug-likeness (QED) is 0.632. The third kappa shape index (κ3) is 5.07. The Bertz CT molecular complexity index is 1010. The molecule has 1 heterocycles. The Labute approximate surface area is 172 Å². The summed E-state index contributed by atoms with van der Waals surface area (Å²) in [7, 11) is 3.48. The number of aryl methyl sites for hydroxylation is 1. The second kappa shape index (κ2) is 8.71. The minimum atomic E-state index is -4.43. The third-order valence-corrected chi connectivity index (χ3v) is 4.76. The first-order valence-electron chi connectivity index (χ1n) is 9.30. The largest absolute Gasteiger partial charge is 0.416 e. The first-order chi connectivity index (χ1) is 14.1. The van der Waals surface area contributed by atoms with Gasteiger partial charge in [-0.2, -0.15) is 13.2 Å². The van der Waals surface area contributed by atoms with E-state index in [4.69, 9.17) is 4.52 Å². The van der Waals surface area contributed by atoms with Crippen molar-refractivity contribution in [3.05, 3.63) is 77.0 Å². The maximum atomic E-state index is 13.0. The summed E-state index contributed by atoms with van der Waals surface area (Å²) in [5, 5.41) is 6.53. The van der Waals surface area contributed by atoms with E-state index in [0.29, 0.717) is 11.3 Å². The molecule has 0 aliphatic carbocycles. The first-order valence-corrected chi connectivity index (χ1v) is 9.30. The van der Waals surface area contributed by atoms with Gasteiger partial charge < -0.3 is 14.7 Å². The van der Waals surface area contributed by atoms with Crippen molar-refractivity contribution < 1.29 is 22.5 Å². The van der Waals surface area contributed by atoms with Crippen molar-refractivity contribution in [2.75, 3.05) is 20.6 Å². The van der Waals surface area contributed by atoms with Crippen LogP contribution in [0.25, 0.3) is 11.3 Å². The van der Waals surface area contributed by atoms with E-state index in [2.05, 4.69) is 10.5 Å². The number of halogens is 3. The van der Waals surface area contributed by atoms with E-state index in [9.17, 15) is 18.0 Å². The predicted molar refractivity (Wildman–Crippen MR) is 107 cm³/mol. The average Bonchev–Trinajstić information content (AvgIpc) is 3.18. The van der Waals surface area contributed by atoms with Crippen LogP contribution in [0.5, 0.6) is 0 Å². The lowest BCUT2D eigenvalue weighted by Gasteiger charge is -2.25. The Balaban J connectivity index is 1.71. The van der Waals surface area contributed by atoms with Crippen LogP contribution in [0.2, 0.25) is 0 Å². The Morgan fingerprint density at radius 2 is 1.83 bits per heavy atom. The van der Waals surface area contributed by atoms with Crippen molar-refractivity contribution in [3.63, 3.8) is 0 Å². The number of likely N-dealkylation sites (N-methyl/N-ethyl adjacent to an activating group) is 1. The summed E-state index contributed by atoms with van der Waals surface area (Å²) in [5.41, 5.74) is 1.72. The number of hydrogen-bond acceptors (Lipinski definition) is 4. The van der Waals surface area contributed by atoms with Gasteiger partial charge in [-0.25, -0.2) is 0 Å². The molecule has 1 N–H and O–H groups in total. The number of nitrogens with one attached hydrogen (secondary N) is 1. The van der Waals surface area contributed by atoms with Gasteiger partial charge in [0, 0.05) is 18.2 Å². The van der Waals surface area contributed by atoms with Gasteiger partial charge >= 0.3 is 6.18 Å². The first kappa shape index (κ1) is 21.6. The van der Waals surface area contributed by atoms with Crippen LogP contribution in [-0.2, 0) is 6.18 Å². The van der Waals surface area contributed by atoms with Gasteiger partial charge in [0.1, 0.15) is 0 Å². The molecule has 0 aliphatic heterocycles. The molecule has 0 saturated carbocycles. The Kier molecular flexibility index (Phi) is 6.26. The van der Waals surface area contributed by atoms with Crippen molar-refractivity contribution in [2.24, 2.45) is 0 Å². The molecular formula is C22H22F3N3O2. The summed E-state index contributed by atoms with van der Waals surface area (Å²) in [4.78, 5) is 14.2. The van der Waals surface area contributed by atoms with Crippen LogP contribution in [0.3, 0.4) is 0 Å². The van der Waals surface area contributed by atoms with E-state index in [1.165, 1.54) is 12.1 Å². The molecule has 3 aromatic rings. The van der Waals surface area contributed by atoms with Crippen LogP contribution in [0, 0.1) is 6.92 Å². The molecule has 0 saturated heterocycles. The Morgan fingerprint density at radius 1 is 1.13 bits per heavy atom. The zero-order valence-electron chi connectivity index (χ0n) is 16.8. The number of alkyl halides is 3. The van der Waals surface area contributed by atoms with Crippen molar-refractivity contribution in [1.82, 2.24) is 15.4 Å². The molecule has 1 atom stereocenters. The standard InChI is InChI=1S/C22H22F3N3O2/c1-14-7-9-15(10-8-14)20-12-18(27-30-20)21(29)26-13-19(28(2)3)16-5-4-6-17(11-16)22(23,24)25/h4-12,19H,13H2,1-3H3,(H,26,29). The normalized spacial score (nSPS) is 12.8. The van der Waals surface area contributed by atoms with Gasteiger partial charge in [-0.1, -0.05) is 47.1 Å². The van der Waals surface area contributed by atoms with Crippen LogP contribution in [0.1, 0.15) is 33.2 Å². The highest BCUT2D eigenvalue weighted by Gasteiger charge is 2.31. The molecule has 1 amide bonds. The number of carbonyl (C=O) groups excluding carboxylic acids is 1. The molecule has 0 bridgehead atoms. The Hall–Kier alpha value is -3.13. The van der Waals surface area contributed by atoms with Crippen LogP contribution in [0.4, 0.5) is 13.2 Å². The SMILES string of the molecule is Cc1ccc(-c2cc(C(=O)NCC(c3cccc(C(F)(F)F)c3)N(C)C)no2)cc1. The summed E-state index contributed by atoms with van der Waals surface area (Å²) in [6, 6.07) is 13.8. The second-order valence-corrected chi connectivity index (χ2v) is 7.26. The summed E-state index contributed by atoms with van der Waals surface area (Å²) < 4.78 is 44.3. The van der Waals surface area contributed by atoms with E-state index in [1.807, 2.05) is 31.2 Å². The van der Waals surface area contributed by atoms with Crippen molar-refractivity contribution >= 4 is 5.91 Å². The number of hydrogen-bond donors (Lipinski definition) is 1. The fourth-order valence-electron chi connectivity index (χ4n) is 3.04. The molecule has 5 nitrogen and oxygen atoms in total. The summed E-state index contributed by atoms with van der Waals surface area (Å²) in [5.74, 6) is -0.00174. The van der Waals surface area contributed by atoms with Crippen LogP contribution in [-0.4, -0.2) is 36.6 Å². The molecule has 8 heteroatoms.